The Labute approximate surface area is 134 Å². The fraction of sp³-hybridized carbons (Fsp3) is 0.722. The van der Waals surface area contributed by atoms with E-state index < -0.39 is 0 Å². The fourth-order valence-electron chi connectivity index (χ4n) is 3.20. The summed E-state index contributed by atoms with van der Waals surface area (Å²) >= 11 is 0. The maximum absolute atomic E-state index is 5.77. The second kappa shape index (κ2) is 7.42. The van der Waals surface area contributed by atoms with Gasteiger partial charge in [0.2, 0.25) is 5.88 Å². The number of hydrogen-bond acceptors (Lipinski definition) is 4. The average Bonchev–Trinajstić information content (AvgIpc) is 3.36. The van der Waals surface area contributed by atoms with Gasteiger partial charge in [0.25, 0.3) is 0 Å². The molecule has 1 aromatic rings. The van der Waals surface area contributed by atoms with Gasteiger partial charge in [0.15, 0.2) is 0 Å². The van der Waals surface area contributed by atoms with Gasteiger partial charge >= 0.3 is 0 Å². The number of rotatable bonds is 7. The smallest absolute Gasteiger partial charge is 0.213 e. The zero-order valence-corrected chi connectivity index (χ0v) is 13.9. The van der Waals surface area contributed by atoms with E-state index in [1.54, 1.807) is 0 Å². The lowest BCUT2D eigenvalue weighted by molar-refractivity contribution is 0.153. The number of likely N-dealkylation sites (tertiary alicyclic amines) is 1. The summed E-state index contributed by atoms with van der Waals surface area (Å²) in [7, 11) is 0. The normalized spacial score (nSPS) is 26.1. The van der Waals surface area contributed by atoms with Gasteiger partial charge in [-0.05, 0) is 55.8 Å². The Morgan fingerprint density at radius 3 is 2.95 bits per heavy atom. The highest BCUT2D eigenvalue weighted by Gasteiger charge is 2.25. The molecule has 1 saturated carbocycles. The van der Waals surface area contributed by atoms with Crippen LogP contribution in [0.1, 0.15) is 38.7 Å². The molecule has 2 fully saturated rings. The minimum Gasteiger partial charge on any atom is -0.477 e. The van der Waals surface area contributed by atoms with Crippen LogP contribution in [0.2, 0.25) is 0 Å². The first-order valence-corrected chi connectivity index (χ1v) is 8.78. The number of hydrogen-bond donors (Lipinski definition) is 1. The molecule has 4 heteroatoms. The summed E-state index contributed by atoms with van der Waals surface area (Å²) in [5.74, 6) is 2.26. The monoisotopic (exact) mass is 303 g/mol. The van der Waals surface area contributed by atoms with Gasteiger partial charge < -0.3 is 15.0 Å². The second-order valence-corrected chi connectivity index (χ2v) is 6.90. The largest absolute Gasteiger partial charge is 0.477 e. The van der Waals surface area contributed by atoms with Gasteiger partial charge in [-0.1, -0.05) is 13.8 Å². The van der Waals surface area contributed by atoms with E-state index in [1.807, 2.05) is 6.20 Å². The Morgan fingerprint density at radius 1 is 1.36 bits per heavy atom. The van der Waals surface area contributed by atoms with Crippen molar-refractivity contribution in [3.8, 4) is 5.88 Å². The van der Waals surface area contributed by atoms with Crippen LogP contribution in [0.25, 0.3) is 0 Å². The average molecular weight is 303 g/mol. The van der Waals surface area contributed by atoms with E-state index in [0.29, 0.717) is 12.0 Å². The van der Waals surface area contributed by atoms with Crippen LogP contribution < -0.4 is 10.1 Å². The fourth-order valence-corrected chi connectivity index (χ4v) is 3.20. The van der Waals surface area contributed by atoms with Gasteiger partial charge in [0, 0.05) is 31.4 Å². The molecule has 4 nitrogen and oxygen atoms in total. The maximum atomic E-state index is 5.77. The Bertz CT molecular complexity index is 475. The first kappa shape index (κ1) is 15.8. The molecule has 0 bridgehead atoms. The molecule has 0 amide bonds. The lowest BCUT2D eigenvalue weighted by Gasteiger charge is -2.36. The predicted molar refractivity (Wildman–Crippen MR) is 89.0 cm³/mol. The molecule has 1 aliphatic carbocycles. The van der Waals surface area contributed by atoms with Crippen molar-refractivity contribution < 1.29 is 4.74 Å². The van der Waals surface area contributed by atoms with Gasteiger partial charge in [-0.3, -0.25) is 0 Å². The van der Waals surface area contributed by atoms with E-state index in [-0.39, 0.29) is 0 Å². The van der Waals surface area contributed by atoms with E-state index in [4.69, 9.17) is 4.74 Å². The molecule has 1 saturated heterocycles. The quantitative estimate of drug-likeness (QED) is 0.840. The van der Waals surface area contributed by atoms with Crippen LogP contribution in [-0.4, -0.2) is 42.2 Å². The number of aromatic nitrogens is 1. The topological polar surface area (TPSA) is 37.4 Å². The summed E-state index contributed by atoms with van der Waals surface area (Å²) in [6, 6.07) is 4.79. The first-order chi connectivity index (χ1) is 10.7. The van der Waals surface area contributed by atoms with Crippen molar-refractivity contribution >= 4 is 0 Å². The summed E-state index contributed by atoms with van der Waals surface area (Å²) in [6.45, 7) is 9.94. The molecule has 1 N–H and O–H groups in total. The van der Waals surface area contributed by atoms with E-state index in [2.05, 4.69) is 41.2 Å². The molecular weight excluding hydrogens is 274 g/mol. The Kier molecular flexibility index (Phi) is 5.32. The van der Waals surface area contributed by atoms with Gasteiger partial charge in [0.1, 0.15) is 0 Å². The van der Waals surface area contributed by atoms with Crippen LogP contribution in [0.4, 0.5) is 0 Å². The zero-order chi connectivity index (χ0) is 15.4. The van der Waals surface area contributed by atoms with Crippen LogP contribution in [0, 0.1) is 11.8 Å². The summed E-state index contributed by atoms with van der Waals surface area (Å²) in [5.41, 5.74) is 1.27. The molecule has 2 aliphatic rings. The molecule has 2 heterocycles. The predicted octanol–water partition coefficient (Wildman–Crippen LogP) is 2.69. The SMILES string of the molecule is CCN1CC[C@@H](NCc2ccnc(OCC3CC3)c2)[C@@H](C)C1. The standard InChI is InChI=1S/C18H29N3O/c1-3-21-9-7-17(14(2)12-21)20-11-16-6-8-19-18(10-16)22-13-15-4-5-15/h6,8,10,14-15,17,20H,3-5,7,9,11-13H2,1-2H3/t14-,17+/m0/s1. The Balaban J connectivity index is 1.47. The second-order valence-electron chi connectivity index (χ2n) is 6.90. The first-order valence-electron chi connectivity index (χ1n) is 8.78. The summed E-state index contributed by atoms with van der Waals surface area (Å²) < 4.78 is 5.77. The van der Waals surface area contributed by atoms with Gasteiger partial charge in [-0.25, -0.2) is 4.98 Å². The van der Waals surface area contributed by atoms with Crippen molar-refractivity contribution in [2.75, 3.05) is 26.2 Å². The molecule has 1 aliphatic heterocycles. The molecule has 1 aromatic heterocycles. The molecule has 22 heavy (non-hydrogen) atoms. The molecule has 0 unspecified atom stereocenters. The highest BCUT2D eigenvalue weighted by Crippen LogP contribution is 2.29. The van der Waals surface area contributed by atoms with Crippen molar-refractivity contribution in [3.05, 3.63) is 23.9 Å². The maximum Gasteiger partial charge on any atom is 0.213 e. The third-order valence-electron chi connectivity index (χ3n) is 4.97. The van der Waals surface area contributed by atoms with Crippen LogP contribution >= 0.6 is 0 Å². The molecule has 0 spiro atoms. The summed E-state index contributed by atoms with van der Waals surface area (Å²) in [6.07, 6.45) is 5.73. The number of nitrogens with one attached hydrogen (secondary N) is 1. The van der Waals surface area contributed by atoms with Gasteiger partial charge in [-0.15, -0.1) is 0 Å². The van der Waals surface area contributed by atoms with Gasteiger partial charge in [0.05, 0.1) is 6.61 Å². The highest BCUT2D eigenvalue weighted by molar-refractivity contribution is 5.20. The number of ether oxygens (including phenoxy) is 1. The van der Waals surface area contributed by atoms with Crippen molar-refractivity contribution in [1.82, 2.24) is 15.2 Å². The minimum absolute atomic E-state index is 0.617. The summed E-state index contributed by atoms with van der Waals surface area (Å²) in [4.78, 5) is 6.85. The van der Waals surface area contributed by atoms with Crippen LogP contribution in [0.5, 0.6) is 5.88 Å². The molecule has 3 rings (SSSR count). The highest BCUT2D eigenvalue weighted by atomic mass is 16.5. The van der Waals surface area contributed by atoms with Crippen LogP contribution in [0.3, 0.4) is 0 Å². The molecule has 0 aromatic carbocycles. The Morgan fingerprint density at radius 2 is 2.23 bits per heavy atom. The zero-order valence-electron chi connectivity index (χ0n) is 13.9. The third kappa shape index (κ3) is 4.43. The van der Waals surface area contributed by atoms with E-state index in [1.165, 1.54) is 44.5 Å². The Hall–Kier alpha value is -1.13. The number of piperidine rings is 1. The van der Waals surface area contributed by atoms with Crippen LogP contribution in [-0.2, 0) is 6.54 Å². The molecule has 2 atom stereocenters. The van der Waals surface area contributed by atoms with Crippen molar-refractivity contribution in [2.24, 2.45) is 11.8 Å². The lowest BCUT2D eigenvalue weighted by Crippen LogP contribution is -2.47. The van der Waals surface area contributed by atoms with Crippen LogP contribution in [0.15, 0.2) is 18.3 Å². The van der Waals surface area contributed by atoms with E-state index >= 15 is 0 Å². The van der Waals surface area contributed by atoms with E-state index in [9.17, 15) is 0 Å². The number of nitrogens with zero attached hydrogens (tertiary/aromatic N) is 2. The molecule has 122 valence electrons. The molecular formula is C18H29N3O. The minimum atomic E-state index is 0.617. The van der Waals surface area contributed by atoms with Crippen molar-refractivity contribution in [3.63, 3.8) is 0 Å². The summed E-state index contributed by atoms with van der Waals surface area (Å²) in [5, 5.41) is 3.73. The van der Waals surface area contributed by atoms with Gasteiger partial charge in [-0.2, -0.15) is 0 Å². The lowest BCUT2D eigenvalue weighted by atomic mass is 9.93. The van der Waals surface area contributed by atoms with Crippen molar-refractivity contribution in [2.45, 2.75) is 45.7 Å². The van der Waals surface area contributed by atoms with Crippen molar-refractivity contribution in [1.29, 1.82) is 0 Å². The third-order valence-corrected chi connectivity index (χ3v) is 4.97. The van der Waals surface area contributed by atoms with E-state index in [0.717, 1.165) is 24.9 Å². The number of pyridine rings is 1. The molecule has 0 radical (unpaired) electrons.